The molecule has 5 heteroatoms. The largest absolute Gasteiger partial charge is 0.292 e. The van der Waals surface area contributed by atoms with Crippen LogP contribution >= 0.6 is 34.2 Å². The summed E-state index contributed by atoms with van der Waals surface area (Å²) in [5, 5.41) is 9.72. The van der Waals surface area contributed by atoms with Crippen LogP contribution < -0.4 is 0 Å². The van der Waals surface area contributed by atoms with Crippen molar-refractivity contribution in [2.45, 2.75) is 5.92 Å². The average Bonchev–Trinajstić information content (AvgIpc) is 2.39. The van der Waals surface area contributed by atoms with E-state index in [0.29, 0.717) is 19.7 Å². The lowest BCUT2D eigenvalue weighted by atomic mass is 9.92. The van der Waals surface area contributed by atoms with Gasteiger partial charge in [-0.1, -0.05) is 23.7 Å². The van der Waals surface area contributed by atoms with Gasteiger partial charge < -0.3 is 0 Å². The number of hydrogen-bond acceptors (Lipinski definition) is 2. The zero-order valence-electron chi connectivity index (χ0n) is 10.1. The van der Waals surface area contributed by atoms with Gasteiger partial charge in [-0.15, -0.1) is 0 Å². The number of carbonyl (C=O) groups excluding carboxylic acids is 1. The molecule has 100 valence electrons. The number of benzene rings is 2. The molecule has 0 amide bonds. The fraction of sp³-hybridized carbons (Fsp3) is 0.0667. The zero-order valence-corrected chi connectivity index (χ0v) is 13.0. The van der Waals surface area contributed by atoms with Crippen molar-refractivity contribution >= 4 is 40.0 Å². The highest BCUT2D eigenvalue weighted by Gasteiger charge is 2.23. The molecule has 0 N–H and O–H groups in total. The lowest BCUT2D eigenvalue weighted by Gasteiger charge is -2.10. The van der Waals surface area contributed by atoms with E-state index in [0.717, 1.165) is 0 Å². The van der Waals surface area contributed by atoms with Gasteiger partial charge in [-0.3, -0.25) is 4.79 Å². The van der Waals surface area contributed by atoms with Crippen molar-refractivity contribution in [3.8, 4) is 6.07 Å². The molecule has 0 bridgehead atoms. The standard InChI is InChI=1S/C15H8ClFINO/c16-10-3-1-2-9(6-10)13(8-19)15(20)12-5-4-11(17)7-14(12)18/h1-7,13H. The molecule has 2 aromatic carbocycles. The normalized spacial score (nSPS) is 11.7. The Labute approximate surface area is 134 Å². The van der Waals surface area contributed by atoms with Crippen molar-refractivity contribution in [1.82, 2.24) is 0 Å². The van der Waals surface area contributed by atoms with Crippen molar-refractivity contribution in [2.75, 3.05) is 0 Å². The maximum absolute atomic E-state index is 13.1. The second-order valence-corrected chi connectivity index (χ2v) is 5.70. The van der Waals surface area contributed by atoms with E-state index in [-0.39, 0.29) is 5.78 Å². The number of halogens is 3. The summed E-state index contributed by atoms with van der Waals surface area (Å²) < 4.78 is 13.6. The maximum Gasteiger partial charge on any atom is 0.185 e. The van der Waals surface area contributed by atoms with E-state index in [4.69, 9.17) is 11.6 Å². The van der Waals surface area contributed by atoms with Gasteiger partial charge in [0.05, 0.1) is 6.07 Å². The van der Waals surface area contributed by atoms with Crippen molar-refractivity contribution in [2.24, 2.45) is 0 Å². The van der Waals surface area contributed by atoms with Gasteiger partial charge in [-0.05, 0) is 58.5 Å². The molecule has 2 rings (SSSR count). The van der Waals surface area contributed by atoms with Gasteiger partial charge in [0, 0.05) is 14.2 Å². The fourth-order valence-electron chi connectivity index (χ4n) is 1.82. The Kier molecular flexibility index (Phi) is 4.73. The molecule has 0 aliphatic heterocycles. The molecule has 1 atom stereocenters. The van der Waals surface area contributed by atoms with Crippen LogP contribution in [0.15, 0.2) is 42.5 Å². The molecule has 20 heavy (non-hydrogen) atoms. The van der Waals surface area contributed by atoms with Crippen molar-refractivity contribution < 1.29 is 9.18 Å². The number of Topliss-reactive ketones (excluding diaryl/α,β-unsaturated/α-hetero) is 1. The maximum atomic E-state index is 13.1. The topological polar surface area (TPSA) is 40.9 Å². The zero-order chi connectivity index (χ0) is 14.7. The molecule has 2 nitrogen and oxygen atoms in total. The molecule has 0 aliphatic rings. The first-order valence-corrected chi connectivity index (χ1v) is 7.13. The highest BCUT2D eigenvalue weighted by Crippen LogP contribution is 2.25. The van der Waals surface area contributed by atoms with Gasteiger partial charge >= 0.3 is 0 Å². The Hall–Kier alpha value is -1.45. The van der Waals surface area contributed by atoms with Gasteiger partial charge in [0.15, 0.2) is 5.78 Å². The van der Waals surface area contributed by atoms with E-state index in [1.165, 1.54) is 18.2 Å². The molecule has 0 saturated heterocycles. The first-order chi connectivity index (χ1) is 9.52. The molecular formula is C15H8ClFINO. The van der Waals surface area contributed by atoms with Crippen LogP contribution in [0.5, 0.6) is 0 Å². The Morgan fingerprint density at radius 1 is 1.30 bits per heavy atom. The van der Waals surface area contributed by atoms with E-state index in [9.17, 15) is 14.4 Å². The van der Waals surface area contributed by atoms with Crippen LogP contribution in [0.2, 0.25) is 5.02 Å². The summed E-state index contributed by atoms with van der Waals surface area (Å²) in [6, 6.07) is 12.5. The van der Waals surface area contributed by atoms with Gasteiger partial charge in [-0.25, -0.2) is 4.39 Å². The second kappa shape index (κ2) is 6.33. The third kappa shape index (κ3) is 3.17. The van der Waals surface area contributed by atoms with E-state index in [1.807, 2.05) is 28.7 Å². The molecule has 0 fully saturated rings. The lowest BCUT2D eigenvalue weighted by molar-refractivity contribution is 0.0978. The molecule has 1 unspecified atom stereocenters. The summed E-state index contributed by atoms with van der Waals surface area (Å²) in [5.74, 6) is -1.73. The third-order valence-corrected chi connectivity index (χ3v) is 3.90. The number of nitriles is 1. The predicted octanol–water partition coefficient (Wildman–Crippen LogP) is 4.57. The quantitative estimate of drug-likeness (QED) is 0.560. The first-order valence-electron chi connectivity index (χ1n) is 5.67. The number of hydrogen-bond donors (Lipinski definition) is 0. The van der Waals surface area contributed by atoms with Crippen molar-refractivity contribution in [3.63, 3.8) is 0 Å². The number of carbonyl (C=O) groups is 1. The number of ketones is 1. The Balaban J connectivity index is 2.42. The predicted molar refractivity (Wildman–Crippen MR) is 83.3 cm³/mol. The minimum Gasteiger partial charge on any atom is -0.292 e. The molecule has 0 aromatic heterocycles. The summed E-state index contributed by atoms with van der Waals surface area (Å²) in [6.07, 6.45) is 0. The van der Waals surface area contributed by atoms with E-state index in [2.05, 4.69) is 0 Å². The number of nitrogens with zero attached hydrogens (tertiary/aromatic N) is 1. The van der Waals surface area contributed by atoms with Gasteiger partial charge in [0.25, 0.3) is 0 Å². The molecule has 0 heterocycles. The van der Waals surface area contributed by atoms with E-state index >= 15 is 0 Å². The lowest BCUT2D eigenvalue weighted by Crippen LogP contribution is -2.13. The minimum atomic E-state index is -0.951. The molecule has 0 spiro atoms. The highest BCUT2D eigenvalue weighted by atomic mass is 127. The van der Waals surface area contributed by atoms with E-state index < -0.39 is 11.7 Å². The molecule has 0 aliphatic carbocycles. The third-order valence-electron chi connectivity index (χ3n) is 2.77. The average molecular weight is 400 g/mol. The SMILES string of the molecule is N#CC(C(=O)c1ccc(F)cc1I)c1cccc(Cl)c1. The molecule has 0 saturated carbocycles. The van der Waals surface area contributed by atoms with Crippen LogP contribution in [-0.4, -0.2) is 5.78 Å². The van der Waals surface area contributed by atoms with Gasteiger partial charge in [0.2, 0.25) is 0 Å². The van der Waals surface area contributed by atoms with Crippen LogP contribution in [0.3, 0.4) is 0 Å². The van der Waals surface area contributed by atoms with Crippen molar-refractivity contribution in [1.29, 1.82) is 5.26 Å². The summed E-state index contributed by atoms with van der Waals surface area (Å²) in [5.41, 5.74) is 0.864. The van der Waals surface area contributed by atoms with Gasteiger partial charge in [-0.2, -0.15) is 5.26 Å². The Bertz CT molecular complexity index is 711. The van der Waals surface area contributed by atoms with Crippen LogP contribution in [0.1, 0.15) is 21.8 Å². The molecule has 0 radical (unpaired) electrons. The highest BCUT2D eigenvalue weighted by molar-refractivity contribution is 14.1. The minimum absolute atomic E-state index is 0.332. The monoisotopic (exact) mass is 399 g/mol. The molecular weight excluding hydrogens is 392 g/mol. The summed E-state index contributed by atoms with van der Waals surface area (Å²) >= 11 is 7.76. The smallest absolute Gasteiger partial charge is 0.185 e. The fourth-order valence-corrected chi connectivity index (χ4v) is 2.76. The molecule has 2 aromatic rings. The first kappa shape index (κ1) is 14.9. The summed E-state index contributed by atoms with van der Waals surface area (Å²) in [7, 11) is 0. The Morgan fingerprint density at radius 3 is 2.65 bits per heavy atom. The Morgan fingerprint density at radius 2 is 2.05 bits per heavy atom. The van der Waals surface area contributed by atoms with Crippen LogP contribution in [-0.2, 0) is 0 Å². The van der Waals surface area contributed by atoms with E-state index in [1.54, 1.807) is 24.3 Å². The summed E-state index contributed by atoms with van der Waals surface area (Å²) in [6.45, 7) is 0. The van der Waals surface area contributed by atoms with Crippen LogP contribution in [0.4, 0.5) is 4.39 Å². The second-order valence-electron chi connectivity index (χ2n) is 4.11. The number of rotatable bonds is 3. The van der Waals surface area contributed by atoms with Crippen molar-refractivity contribution in [3.05, 3.63) is 68.0 Å². The summed E-state index contributed by atoms with van der Waals surface area (Å²) in [4.78, 5) is 12.4. The van der Waals surface area contributed by atoms with Crippen LogP contribution in [0, 0.1) is 20.7 Å². The van der Waals surface area contributed by atoms with Crippen LogP contribution in [0.25, 0.3) is 0 Å². The van der Waals surface area contributed by atoms with Gasteiger partial charge in [0.1, 0.15) is 11.7 Å².